The molecule has 0 fully saturated rings. The number of amides is 1. The van der Waals surface area contributed by atoms with Crippen LogP contribution in [0.5, 0.6) is 5.75 Å². The van der Waals surface area contributed by atoms with Gasteiger partial charge in [0, 0.05) is 30.6 Å². The van der Waals surface area contributed by atoms with Crippen molar-refractivity contribution < 1.29 is 9.53 Å². The Balaban J connectivity index is 1.57. The summed E-state index contributed by atoms with van der Waals surface area (Å²) in [6, 6.07) is 12.9. The molecular formula is C25H30N4O3. The van der Waals surface area contributed by atoms with Gasteiger partial charge in [-0.25, -0.2) is 4.98 Å². The number of rotatable bonds is 6. The highest BCUT2D eigenvalue weighted by Crippen LogP contribution is 2.27. The van der Waals surface area contributed by atoms with E-state index in [1.165, 1.54) is 0 Å². The van der Waals surface area contributed by atoms with Gasteiger partial charge in [-0.1, -0.05) is 24.6 Å². The van der Waals surface area contributed by atoms with E-state index >= 15 is 0 Å². The number of hydrogen-bond donors (Lipinski definition) is 1. The molecule has 1 atom stereocenters. The topological polar surface area (TPSA) is 76.5 Å². The number of aromatic nitrogens is 2. The molecule has 0 spiro atoms. The van der Waals surface area contributed by atoms with Crippen LogP contribution in [0.1, 0.15) is 47.1 Å². The maximum absolute atomic E-state index is 13.0. The van der Waals surface area contributed by atoms with E-state index in [2.05, 4.69) is 10.2 Å². The molecule has 1 N–H and O–H groups in total. The van der Waals surface area contributed by atoms with E-state index in [1.807, 2.05) is 38.4 Å². The van der Waals surface area contributed by atoms with Gasteiger partial charge in [0.2, 0.25) is 0 Å². The molecule has 0 saturated carbocycles. The number of nitrogens with one attached hydrogen (secondary N) is 1. The molecule has 1 aromatic heterocycles. The molecule has 168 valence electrons. The molecule has 0 bridgehead atoms. The van der Waals surface area contributed by atoms with Crippen LogP contribution < -0.4 is 15.6 Å². The van der Waals surface area contributed by atoms with Crippen molar-refractivity contribution in [1.82, 2.24) is 19.8 Å². The Kier molecular flexibility index (Phi) is 6.55. The largest absolute Gasteiger partial charge is 0.496 e. The van der Waals surface area contributed by atoms with Crippen molar-refractivity contribution in [2.24, 2.45) is 0 Å². The molecule has 4 rings (SSSR count). The van der Waals surface area contributed by atoms with Crippen molar-refractivity contribution in [1.29, 1.82) is 0 Å². The van der Waals surface area contributed by atoms with E-state index < -0.39 is 0 Å². The van der Waals surface area contributed by atoms with Gasteiger partial charge in [-0.05, 0) is 51.2 Å². The van der Waals surface area contributed by atoms with Crippen molar-refractivity contribution in [3.05, 3.63) is 69.8 Å². The molecule has 32 heavy (non-hydrogen) atoms. The number of hydrogen-bond acceptors (Lipinski definition) is 5. The second-order valence-corrected chi connectivity index (χ2v) is 8.46. The summed E-state index contributed by atoms with van der Waals surface area (Å²) in [6.45, 7) is 1.14. The summed E-state index contributed by atoms with van der Waals surface area (Å²) < 4.78 is 7.30. The molecule has 7 heteroatoms. The first-order valence-corrected chi connectivity index (χ1v) is 11.1. The van der Waals surface area contributed by atoms with Crippen molar-refractivity contribution in [2.75, 3.05) is 27.7 Å². The summed E-state index contributed by atoms with van der Waals surface area (Å²) in [5, 5.41) is 3.60. The molecular weight excluding hydrogens is 404 g/mol. The first-order chi connectivity index (χ1) is 15.5. The van der Waals surface area contributed by atoms with E-state index in [1.54, 1.807) is 29.9 Å². The zero-order valence-electron chi connectivity index (χ0n) is 18.9. The van der Waals surface area contributed by atoms with Gasteiger partial charge in [-0.3, -0.25) is 14.2 Å². The van der Waals surface area contributed by atoms with Crippen LogP contribution in [0.15, 0.2) is 47.3 Å². The monoisotopic (exact) mass is 434 g/mol. The third kappa shape index (κ3) is 4.39. The van der Waals surface area contributed by atoms with Gasteiger partial charge >= 0.3 is 0 Å². The molecule has 1 aliphatic heterocycles. The zero-order chi connectivity index (χ0) is 22.7. The molecule has 1 aliphatic rings. The molecule has 0 radical (unpaired) electrons. The number of carbonyl (C=O) groups is 1. The number of ether oxygens (including phenoxy) is 1. The fourth-order valence-corrected chi connectivity index (χ4v) is 4.36. The number of benzene rings is 2. The van der Waals surface area contributed by atoms with Crippen LogP contribution in [0.25, 0.3) is 10.9 Å². The Morgan fingerprint density at radius 2 is 2.00 bits per heavy atom. The second kappa shape index (κ2) is 9.53. The predicted molar refractivity (Wildman–Crippen MR) is 125 cm³/mol. The highest BCUT2D eigenvalue weighted by Gasteiger charge is 2.20. The van der Waals surface area contributed by atoms with Crippen molar-refractivity contribution in [2.45, 2.75) is 38.3 Å². The summed E-state index contributed by atoms with van der Waals surface area (Å²) in [5.74, 6) is 1.42. The molecule has 3 aromatic rings. The number of para-hydroxylation sites is 1. The second-order valence-electron chi connectivity index (χ2n) is 8.46. The van der Waals surface area contributed by atoms with E-state index in [0.29, 0.717) is 29.6 Å². The van der Waals surface area contributed by atoms with E-state index in [0.717, 1.165) is 42.8 Å². The molecule has 2 aromatic carbocycles. The Labute approximate surface area is 188 Å². The minimum absolute atomic E-state index is 0.0114. The average Bonchev–Trinajstić information content (AvgIpc) is 3.04. The molecule has 1 amide bonds. The average molecular weight is 435 g/mol. The molecule has 2 heterocycles. The van der Waals surface area contributed by atoms with Gasteiger partial charge in [0.05, 0.1) is 24.1 Å². The highest BCUT2D eigenvalue weighted by atomic mass is 16.5. The van der Waals surface area contributed by atoms with Gasteiger partial charge in [0.1, 0.15) is 11.6 Å². The zero-order valence-corrected chi connectivity index (χ0v) is 18.9. The summed E-state index contributed by atoms with van der Waals surface area (Å²) >= 11 is 0. The van der Waals surface area contributed by atoms with E-state index in [9.17, 15) is 9.59 Å². The van der Waals surface area contributed by atoms with Gasteiger partial charge in [0.15, 0.2) is 0 Å². The van der Waals surface area contributed by atoms with Crippen molar-refractivity contribution in [3.63, 3.8) is 0 Å². The molecule has 0 saturated heterocycles. The van der Waals surface area contributed by atoms with Crippen molar-refractivity contribution in [3.8, 4) is 5.75 Å². The van der Waals surface area contributed by atoms with Crippen molar-refractivity contribution >= 4 is 16.8 Å². The lowest BCUT2D eigenvalue weighted by Crippen LogP contribution is -2.34. The molecule has 0 aliphatic carbocycles. The minimum Gasteiger partial charge on any atom is -0.496 e. The number of carbonyl (C=O) groups excluding carboxylic acids is 1. The lowest BCUT2D eigenvalue weighted by Gasteiger charge is -2.26. The fourth-order valence-electron chi connectivity index (χ4n) is 4.36. The Morgan fingerprint density at radius 1 is 1.19 bits per heavy atom. The Hall–Kier alpha value is -3.19. The van der Waals surface area contributed by atoms with Crippen LogP contribution in [-0.2, 0) is 13.0 Å². The van der Waals surface area contributed by atoms with Gasteiger partial charge in [0.25, 0.3) is 11.5 Å². The van der Waals surface area contributed by atoms with E-state index in [4.69, 9.17) is 9.72 Å². The van der Waals surface area contributed by atoms with E-state index in [-0.39, 0.29) is 17.5 Å². The SMILES string of the molecule is COc1ccccc1[C@H](CNC(=O)c1ccc2c(=O)n3c(nc2c1)CCCCC3)N(C)C. The number of fused-ring (bicyclic) bond motifs is 2. The first-order valence-electron chi connectivity index (χ1n) is 11.1. The van der Waals surface area contributed by atoms with Gasteiger partial charge < -0.3 is 15.0 Å². The Bertz CT molecular complexity index is 1190. The number of aryl methyl sites for hydroxylation is 1. The summed E-state index contributed by atoms with van der Waals surface area (Å²) in [7, 11) is 5.60. The molecule has 0 unspecified atom stereocenters. The predicted octanol–water partition coefficient (Wildman–Crippen LogP) is 3.16. The maximum Gasteiger partial charge on any atom is 0.261 e. The minimum atomic E-state index is -0.189. The quantitative estimate of drug-likeness (QED) is 0.645. The standard InChI is InChI=1S/C25H30N4O3/c1-28(2)21(19-9-6-7-10-22(19)32-3)16-26-24(30)17-12-13-18-20(15-17)27-23-11-5-4-8-14-29(23)25(18)31/h6-7,9-10,12-13,15,21H,4-5,8,11,14,16H2,1-3H3,(H,26,30)/t21-/m0/s1. The van der Waals surface area contributed by atoms with Crippen LogP contribution in [0, 0.1) is 0 Å². The summed E-state index contributed by atoms with van der Waals surface area (Å²) in [4.78, 5) is 32.7. The number of methoxy groups -OCH3 is 1. The fraction of sp³-hybridized carbons (Fsp3) is 0.400. The third-order valence-electron chi connectivity index (χ3n) is 6.16. The summed E-state index contributed by atoms with van der Waals surface area (Å²) in [6.07, 6.45) is 3.93. The third-order valence-corrected chi connectivity index (χ3v) is 6.16. The van der Waals surface area contributed by atoms with Crippen LogP contribution in [0.4, 0.5) is 0 Å². The smallest absolute Gasteiger partial charge is 0.261 e. The highest BCUT2D eigenvalue weighted by molar-refractivity contribution is 5.97. The van der Waals surface area contributed by atoms with Gasteiger partial charge in [-0.15, -0.1) is 0 Å². The summed E-state index contributed by atoms with van der Waals surface area (Å²) in [5.41, 5.74) is 2.09. The lowest BCUT2D eigenvalue weighted by molar-refractivity contribution is 0.0941. The van der Waals surface area contributed by atoms with Crippen LogP contribution in [0.3, 0.4) is 0 Å². The maximum atomic E-state index is 13.0. The Morgan fingerprint density at radius 3 is 2.78 bits per heavy atom. The molecule has 7 nitrogen and oxygen atoms in total. The lowest BCUT2D eigenvalue weighted by atomic mass is 10.0. The van der Waals surface area contributed by atoms with Gasteiger partial charge in [-0.2, -0.15) is 0 Å². The normalized spacial score (nSPS) is 14.6. The van der Waals surface area contributed by atoms with Crippen LogP contribution >= 0.6 is 0 Å². The number of likely N-dealkylation sites (N-methyl/N-ethyl adjacent to an activating group) is 1. The van der Waals surface area contributed by atoms with Crippen LogP contribution in [0.2, 0.25) is 0 Å². The van der Waals surface area contributed by atoms with Crippen LogP contribution in [-0.4, -0.2) is 48.1 Å². The first kappa shape index (κ1) is 22.0. The number of nitrogens with zero attached hydrogens (tertiary/aromatic N) is 3.